The number of aromatic nitrogens is 4. The van der Waals surface area contributed by atoms with Gasteiger partial charge in [0.25, 0.3) is 0 Å². The van der Waals surface area contributed by atoms with Crippen molar-refractivity contribution in [2.75, 3.05) is 30.7 Å². The van der Waals surface area contributed by atoms with Crippen molar-refractivity contribution in [3.05, 3.63) is 36.7 Å². The van der Waals surface area contributed by atoms with Crippen LogP contribution in [0.5, 0.6) is 0 Å². The quantitative estimate of drug-likeness (QED) is 0.529. The summed E-state index contributed by atoms with van der Waals surface area (Å²) in [6, 6.07) is 8.05. The second-order valence-corrected chi connectivity index (χ2v) is 7.43. The molecular weight excluding hydrogens is 372 g/mol. The first-order valence-corrected chi connectivity index (χ1v) is 10.8. The predicted octanol–water partition coefficient (Wildman–Crippen LogP) is 3.33. The van der Waals surface area contributed by atoms with Gasteiger partial charge < -0.3 is 14.8 Å². The maximum atomic E-state index is 12.4. The third-order valence-electron chi connectivity index (χ3n) is 4.72. The summed E-state index contributed by atoms with van der Waals surface area (Å²) in [4.78, 5) is 19.3. The van der Waals surface area contributed by atoms with Crippen molar-refractivity contribution in [1.82, 2.24) is 24.2 Å². The molecule has 0 atom stereocenters. The molecule has 0 radical (unpaired) electrons. The van der Waals surface area contributed by atoms with Crippen LogP contribution in [0.4, 0.5) is 5.69 Å². The zero-order valence-corrected chi connectivity index (χ0v) is 17.6. The molecule has 0 bridgehead atoms. The first kappa shape index (κ1) is 20.4. The van der Waals surface area contributed by atoms with Crippen LogP contribution in [0.25, 0.3) is 11.0 Å². The van der Waals surface area contributed by atoms with E-state index < -0.39 is 0 Å². The van der Waals surface area contributed by atoms with Crippen LogP contribution in [0, 0.1) is 0 Å². The molecular formula is C20H28N6OS. The molecule has 0 saturated carbocycles. The third-order valence-corrected chi connectivity index (χ3v) is 5.70. The number of carbonyl (C=O) groups excluding carboxylic acids is 1. The van der Waals surface area contributed by atoms with E-state index in [0.717, 1.165) is 54.6 Å². The van der Waals surface area contributed by atoms with Gasteiger partial charge in [0.05, 0.1) is 35.2 Å². The van der Waals surface area contributed by atoms with E-state index in [2.05, 4.69) is 51.7 Å². The molecule has 8 heteroatoms. The Morgan fingerprint density at radius 1 is 1.21 bits per heavy atom. The Morgan fingerprint density at radius 3 is 2.75 bits per heavy atom. The highest BCUT2D eigenvalue weighted by Gasteiger charge is 2.12. The molecule has 0 aliphatic heterocycles. The lowest BCUT2D eigenvalue weighted by Crippen LogP contribution is -2.27. The van der Waals surface area contributed by atoms with Crippen molar-refractivity contribution in [2.45, 2.75) is 39.0 Å². The van der Waals surface area contributed by atoms with E-state index in [-0.39, 0.29) is 5.91 Å². The van der Waals surface area contributed by atoms with Gasteiger partial charge in [-0.2, -0.15) is 5.10 Å². The van der Waals surface area contributed by atoms with E-state index in [0.29, 0.717) is 5.75 Å². The minimum atomic E-state index is -0.0528. The number of para-hydroxylation sites is 2. The van der Waals surface area contributed by atoms with Gasteiger partial charge in [-0.15, -0.1) is 0 Å². The van der Waals surface area contributed by atoms with Gasteiger partial charge in [0.2, 0.25) is 5.91 Å². The summed E-state index contributed by atoms with van der Waals surface area (Å²) in [5.74, 6) is 0.261. The SMILES string of the molecule is CCN(CC)CCn1cc(NC(=O)CSc2nc3ccccc3n2CC)cn1. The number of likely N-dealkylation sites (N-methyl/N-ethyl adjacent to an activating group) is 1. The van der Waals surface area contributed by atoms with Crippen LogP contribution in [0.3, 0.4) is 0 Å². The van der Waals surface area contributed by atoms with Crippen molar-refractivity contribution < 1.29 is 4.79 Å². The molecule has 1 amide bonds. The number of imidazole rings is 1. The number of hydrogen-bond donors (Lipinski definition) is 1. The Balaban J connectivity index is 1.54. The molecule has 0 unspecified atom stereocenters. The molecule has 2 aromatic heterocycles. The Kier molecular flexibility index (Phi) is 7.11. The molecule has 3 aromatic rings. The number of fused-ring (bicyclic) bond motifs is 1. The largest absolute Gasteiger partial charge is 0.323 e. The number of aryl methyl sites for hydroxylation is 1. The number of nitrogens with zero attached hydrogens (tertiary/aromatic N) is 5. The molecule has 0 spiro atoms. The fraction of sp³-hybridized carbons (Fsp3) is 0.450. The number of hydrogen-bond acceptors (Lipinski definition) is 5. The molecule has 3 rings (SSSR count). The second kappa shape index (κ2) is 9.75. The minimum Gasteiger partial charge on any atom is -0.323 e. The van der Waals surface area contributed by atoms with Crippen molar-refractivity contribution in [3.63, 3.8) is 0 Å². The molecule has 1 aromatic carbocycles. The number of nitrogens with one attached hydrogen (secondary N) is 1. The van der Waals surface area contributed by atoms with E-state index in [9.17, 15) is 4.79 Å². The molecule has 7 nitrogen and oxygen atoms in total. The summed E-state index contributed by atoms with van der Waals surface area (Å²) in [7, 11) is 0. The van der Waals surface area contributed by atoms with Crippen LogP contribution in [-0.4, -0.2) is 55.5 Å². The first-order chi connectivity index (χ1) is 13.6. The number of thioether (sulfide) groups is 1. The molecule has 0 aliphatic rings. The van der Waals surface area contributed by atoms with Gasteiger partial charge in [0.1, 0.15) is 0 Å². The van der Waals surface area contributed by atoms with Crippen molar-refractivity contribution >= 4 is 34.4 Å². The minimum absolute atomic E-state index is 0.0528. The Hall–Kier alpha value is -2.32. The molecule has 1 N–H and O–H groups in total. The smallest absolute Gasteiger partial charge is 0.234 e. The monoisotopic (exact) mass is 400 g/mol. The first-order valence-electron chi connectivity index (χ1n) is 9.77. The van der Waals surface area contributed by atoms with Gasteiger partial charge in [0.15, 0.2) is 5.16 Å². The van der Waals surface area contributed by atoms with Crippen molar-refractivity contribution in [3.8, 4) is 0 Å². The summed E-state index contributed by atoms with van der Waals surface area (Å²) < 4.78 is 4.01. The summed E-state index contributed by atoms with van der Waals surface area (Å²) in [6.45, 7) is 11.0. The van der Waals surface area contributed by atoms with Crippen molar-refractivity contribution in [1.29, 1.82) is 0 Å². The molecule has 150 valence electrons. The van der Waals surface area contributed by atoms with Crippen LogP contribution in [-0.2, 0) is 17.9 Å². The maximum Gasteiger partial charge on any atom is 0.234 e. The van der Waals surface area contributed by atoms with E-state index in [1.54, 1.807) is 6.20 Å². The van der Waals surface area contributed by atoms with Crippen LogP contribution >= 0.6 is 11.8 Å². The highest BCUT2D eigenvalue weighted by Crippen LogP contribution is 2.24. The Morgan fingerprint density at radius 2 is 2.00 bits per heavy atom. The van der Waals surface area contributed by atoms with Gasteiger partial charge in [0, 0.05) is 19.3 Å². The number of amides is 1. The van der Waals surface area contributed by atoms with Gasteiger partial charge >= 0.3 is 0 Å². The maximum absolute atomic E-state index is 12.4. The number of benzene rings is 1. The van der Waals surface area contributed by atoms with Crippen LogP contribution < -0.4 is 5.32 Å². The topological polar surface area (TPSA) is 68.0 Å². The lowest BCUT2D eigenvalue weighted by molar-refractivity contribution is -0.113. The van der Waals surface area contributed by atoms with Crippen LogP contribution in [0.2, 0.25) is 0 Å². The highest BCUT2D eigenvalue weighted by molar-refractivity contribution is 7.99. The highest BCUT2D eigenvalue weighted by atomic mass is 32.2. The summed E-state index contributed by atoms with van der Waals surface area (Å²) in [5.41, 5.74) is 2.79. The fourth-order valence-electron chi connectivity index (χ4n) is 3.13. The standard InChI is InChI=1S/C20H28N6OS/c1-4-24(5-2)11-12-25-14-16(13-21-25)22-19(27)15-28-20-23-17-9-7-8-10-18(17)26(20)6-3/h7-10,13-14H,4-6,11-12,15H2,1-3H3,(H,22,27). The van der Waals surface area contributed by atoms with Gasteiger partial charge in [-0.1, -0.05) is 37.7 Å². The summed E-state index contributed by atoms with van der Waals surface area (Å²) in [6.07, 6.45) is 3.58. The van der Waals surface area contributed by atoms with E-state index in [1.807, 2.05) is 29.1 Å². The number of carbonyl (C=O) groups is 1. The van der Waals surface area contributed by atoms with Gasteiger partial charge in [-0.3, -0.25) is 9.48 Å². The zero-order chi connectivity index (χ0) is 19.9. The van der Waals surface area contributed by atoms with Gasteiger partial charge in [-0.25, -0.2) is 4.98 Å². The fourth-order valence-corrected chi connectivity index (χ4v) is 4.01. The van der Waals surface area contributed by atoms with Crippen LogP contribution in [0.15, 0.2) is 41.8 Å². The Bertz CT molecular complexity index is 914. The average molecular weight is 401 g/mol. The molecule has 0 aliphatic carbocycles. The second-order valence-electron chi connectivity index (χ2n) is 6.48. The lowest BCUT2D eigenvalue weighted by Gasteiger charge is -2.17. The normalized spacial score (nSPS) is 11.4. The Labute approximate surface area is 170 Å². The predicted molar refractivity (Wildman–Crippen MR) is 115 cm³/mol. The number of rotatable bonds is 10. The zero-order valence-electron chi connectivity index (χ0n) is 16.8. The summed E-state index contributed by atoms with van der Waals surface area (Å²) >= 11 is 1.46. The van der Waals surface area contributed by atoms with Crippen molar-refractivity contribution in [2.24, 2.45) is 0 Å². The molecule has 0 saturated heterocycles. The van der Waals surface area contributed by atoms with Crippen LogP contribution in [0.1, 0.15) is 20.8 Å². The molecule has 2 heterocycles. The lowest BCUT2D eigenvalue weighted by atomic mass is 10.3. The van der Waals surface area contributed by atoms with E-state index in [1.165, 1.54) is 11.8 Å². The summed E-state index contributed by atoms with van der Waals surface area (Å²) in [5, 5.41) is 8.13. The van der Waals surface area contributed by atoms with E-state index in [4.69, 9.17) is 0 Å². The average Bonchev–Trinajstić information content (AvgIpc) is 3.30. The number of anilines is 1. The van der Waals surface area contributed by atoms with Gasteiger partial charge in [-0.05, 0) is 32.1 Å². The van der Waals surface area contributed by atoms with E-state index >= 15 is 0 Å². The molecule has 28 heavy (non-hydrogen) atoms. The molecule has 0 fully saturated rings. The third kappa shape index (κ3) is 4.94.